The van der Waals surface area contributed by atoms with Gasteiger partial charge in [0.25, 0.3) is 0 Å². The summed E-state index contributed by atoms with van der Waals surface area (Å²) in [7, 11) is 0. The van der Waals surface area contributed by atoms with E-state index in [-0.39, 0.29) is 18.1 Å². The van der Waals surface area contributed by atoms with E-state index in [1.165, 1.54) is 12.5 Å². The molecule has 0 unspecified atom stereocenters. The fourth-order valence-corrected chi connectivity index (χ4v) is 1.71. The molecule has 0 aliphatic heterocycles. The van der Waals surface area contributed by atoms with Crippen LogP contribution in [0.25, 0.3) is 11.2 Å². The zero-order valence-corrected chi connectivity index (χ0v) is 9.99. The molecule has 20 heavy (non-hydrogen) atoms. The zero-order valence-electron chi connectivity index (χ0n) is 9.99. The molecule has 0 spiro atoms. The molecule has 2 heterocycles. The second-order valence-electron chi connectivity index (χ2n) is 4.06. The molecule has 1 aromatic carbocycles. The van der Waals surface area contributed by atoms with Crippen LogP contribution in [0, 0.1) is 17.5 Å². The van der Waals surface area contributed by atoms with Crippen LogP contribution in [0.15, 0.2) is 24.7 Å². The van der Waals surface area contributed by atoms with Gasteiger partial charge < -0.3 is 10.3 Å². The number of halogens is 3. The van der Waals surface area contributed by atoms with Crippen molar-refractivity contribution in [3.63, 3.8) is 0 Å². The highest BCUT2D eigenvalue weighted by Crippen LogP contribution is 2.15. The van der Waals surface area contributed by atoms with Gasteiger partial charge in [0.05, 0.1) is 12.5 Å². The Balaban J connectivity index is 1.78. The van der Waals surface area contributed by atoms with Gasteiger partial charge in [0.1, 0.15) is 5.52 Å². The van der Waals surface area contributed by atoms with Gasteiger partial charge in [-0.1, -0.05) is 0 Å². The maximum atomic E-state index is 13.0. The fraction of sp³-hybridized carbons (Fsp3) is 0.0833. The highest BCUT2D eigenvalue weighted by Gasteiger charge is 2.10. The second kappa shape index (κ2) is 4.80. The van der Waals surface area contributed by atoms with Crippen molar-refractivity contribution in [2.24, 2.45) is 0 Å². The molecule has 2 N–H and O–H groups in total. The molecule has 8 heteroatoms. The average molecular weight is 279 g/mol. The molecular formula is C12H8F3N5. The smallest absolute Gasteiger partial charge is 0.225 e. The second-order valence-corrected chi connectivity index (χ2v) is 4.06. The monoisotopic (exact) mass is 279 g/mol. The number of benzene rings is 1. The summed E-state index contributed by atoms with van der Waals surface area (Å²) in [4.78, 5) is 14.9. The van der Waals surface area contributed by atoms with Crippen LogP contribution in [0.1, 0.15) is 5.56 Å². The lowest BCUT2D eigenvalue weighted by Crippen LogP contribution is -2.05. The summed E-state index contributed by atoms with van der Waals surface area (Å²) < 4.78 is 38.9. The molecule has 5 nitrogen and oxygen atoms in total. The Labute approximate surface area is 110 Å². The van der Waals surface area contributed by atoms with Crippen LogP contribution in [0.2, 0.25) is 0 Å². The molecule has 0 aliphatic rings. The summed E-state index contributed by atoms with van der Waals surface area (Å²) in [6.07, 6.45) is 3.01. The third kappa shape index (κ3) is 2.27. The number of aromatic amines is 1. The van der Waals surface area contributed by atoms with Crippen LogP contribution in [-0.2, 0) is 6.54 Å². The number of hydrogen-bond donors (Lipinski definition) is 2. The predicted molar refractivity (Wildman–Crippen MR) is 65.3 cm³/mol. The average Bonchev–Trinajstić information content (AvgIpc) is 2.89. The van der Waals surface area contributed by atoms with Gasteiger partial charge in [-0.05, 0) is 17.7 Å². The molecule has 0 amide bonds. The van der Waals surface area contributed by atoms with Crippen molar-refractivity contribution < 1.29 is 13.2 Å². The molecule has 0 saturated heterocycles. The van der Waals surface area contributed by atoms with Gasteiger partial charge in [0.15, 0.2) is 23.1 Å². The fourth-order valence-electron chi connectivity index (χ4n) is 1.71. The summed E-state index contributed by atoms with van der Waals surface area (Å²) in [6, 6.07) is 1.83. The number of rotatable bonds is 3. The zero-order chi connectivity index (χ0) is 14.1. The number of fused-ring (bicyclic) bond motifs is 1. The summed E-state index contributed by atoms with van der Waals surface area (Å²) in [5.41, 5.74) is 1.39. The number of aromatic nitrogens is 4. The van der Waals surface area contributed by atoms with Crippen LogP contribution in [0.5, 0.6) is 0 Å². The van der Waals surface area contributed by atoms with Crippen LogP contribution in [-0.4, -0.2) is 19.9 Å². The summed E-state index contributed by atoms with van der Waals surface area (Å²) in [6.45, 7) is 0.0596. The summed E-state index contributed by atoms with van der Waals surface area (Å²) in [5, 5.41) is 2.78. The van der Waals surface area contributed by atoms with Crippen molar-refractivity contribution in [1.29, 1.82) is 0 Å². The van der Waals surface area contributed by atoms with Crippen molar-refractivity contribution >= 4 is 17.1 Å². The molecule has 0 aliphatic carbocycles. The highest BCUT2D eigenvalue weighted by atomic mass is 19.2. The highest BCUT2D eigenvalue weighted by molar-refractivity contribution is 5.69. The van der Waals surface area contributed by atoms with Crippen LogP contribution in [0.4, 0.5) is 19.1 Å². The summed E-state index contributed by atoms with van der Waals surface area (Å²) >= 11 is 0. The number of H-pyrrole nitrogens is 1. The van der Waals surface area contributed by atoms with E-state index in [4.69, 9.17) is 0 Å². The minimum Gasteiger partial charge on any atom is -0.350 e. The van der Waals surface area contributed by atoms with Crippen molar-refractivity contribution in [1.82, 2.24) is 19.9 Å². The first-order valence-electron chi connectivity index (χ1n) is 5.67. The minimum absolute atomic E-state index is 0.0596. The normalized spacial score (nSPS) is 10.9. The molecule has 3 aromatic rings. The standard InChI is InChI=1S/C12H8F3N5/c13-7-1-6(2-8(14)10(7)15)3-16-12-17-4-9-11(20-12)19-5-18-9/h1-2,4-5H,3H2,(H2,16,17,18,19,20). The summed E-state index contributed by atoms with van der Waals surface area (Å²) in [5.74, 6) is -3.69. The van der Waals surface area contributed by atoms with Gasteiger partial charge in [-0.15, -0.1) is 0 Å². The first kappa shape index (κ1) is 12.4. The van der Waals surface area contributed by atoms with Gasteiger partial charge >= 0.3 is 0 Å². The third-order valence-corrected chi connectivity index (χ3v) is 2.67. The van der Waals surface area contributed by atoms with Gasteiger partial charge in [-0.2, -0.15) is 4.98 Å². The predicted octanol–water partition coefficient (Wildman–Crippen LogP) is 2.38. The topological polar surface area (TPSA) is 66.5 Å². The maximum absolute atomic E-state index is 13.0. The maximum Gasteiger partial charge on any atom is 0.225 e. The molecule has 0 fully saturated rings. The van der Waals surface area contributed by atoms with Gasteiger partial charge in [-0.3, -0.25) is 0 Å². The van der Waals surface area contributed by atoms with E-state index < -0.39 is 17.5 Å². The largest absolute Gasteiger partial charge is 0.350 e. The molecule has 0 radical (unpaired) electrons. The molecule has 0 atom stereocenters. The number of hydrogen-bond acceptors (Lipinski definition) is 4. The van der Waals surface area contributed by atoms with Crippen molar-refractivity contribution in [2.45, 2.75) is 6.54 Å². The van der Waals surface area contributed by atoms with Crippen molar-refractivity contribution in [3.8, 4) is 0 Å². The number of anilines is 1. The Bertz CT molecular complexity index is 748. The van der Waals surface area contributed by atoms with Crippen LogP contribution < -0.4 is 5.32 Å². The molecule has 102 valence electrons. The Hall–Kier alpha value is -2.64. The minimum atomic E-state index is -1.48. The number of imidazole rings is 1. The lowest BCUT2D eigenvalue weighted by Gasteiger charge is -2.05. The molecule has 2 aromatic heterocycles. The molecule has 0 bridgehead atoms. The SMILES string of the molecule is Fc1cc(CNc2ncc3[nH]cnc3n2)cc(F)c1F. The van der Waals surface area contributed by atoms with Gasteiger partial charge in [0.2, 0.25) is 5.95 Å². The van der Waals surface area contributed by atoms with E-state index >= 15 is 0 Å². The Morgan fingerprint density at radius 1 is 1.10 bits per heavy atom. The molecular weight excluding hydrogens is 271 g/mol. The lowest BCUT2D eigenvalue weighted by molar-refractivity contribution is 0.445. The molecule has 0 saturated carbocycles. The van der Waals surface area contributed by atoms with Crippen molar-refractivity contribution in [3.05, 3.63) is 47.7 Å². The van der Waals surface area contributed by atoms with Gasteiger partial charge in [-0.25, -0.2) is 23.1 Å². The van der Waals surface area contributed by atoms with E-state index in [0.717, 1.165) is 12.1 Å². The Morgan fingerprint density at radius 3 is 2.60 bits per heavy atom. The van der Waals surface area contributed by atoms with Crippen molar-refractivity contribution in [2.75, 3.05) is 5.32 Å². The lowest BCUT2D eigenvalue weighted by atomic mass is 10.2. The Kier molecular flexibility index (Phi) is 2.97. The van der Waals surface area contributed by atoms with Gasteiger partial charge in [0, 0.05) is 6.54 Å². The Morgan fingerprint density at radius 2 is 1.85 bits per heavy atom. The van der Waals surface area contributed by atoms with Crippen LogP contribution in [0.3, 0.4) is 0 Å². The first-order valence-corrected chi connectivity index (χ1v) is 5.67. The van der Waals surface area contributed by atoms with E-state index in [1.54, 1.807) is 0 Å². The van der Waals surface area contributed by atoms with E-state index in [0.29, 0.717) is 11.2 Å². The number of nitrogens with one attached hydrogen (secondary N) is 2. The third-order valence-electron chi connectivity index (χ3n) is 2.67. The quantitative estimate of drug-likeness (QED) is 0.722. The first-order chi connectivity index (χ1) is 9.63. The molecule has 3 rings (SSSR count). The van der Waals surface area contributed by atoms with E-state index in [1.807, 2.05) is 0 Å². The number of nitrogens with zero attached hydrogens (tertiary/aromatic N) is 3. The van der Waals surface area contributed by atoms with E-state index in [9.17, 15) is 13.2 Å². The van der Waals surface area contributed by atoms with E-state index in [2.05, 4.69) is 25.3 Å². The van der Waals surface area contributed by atoms with Crippen LogP contribution >= 0.6 is 0 Å².